The molecule has 1 aromatic carbocycles. The van der Waals surface area contributed by atoms with Crippen LogP contribution in [0.4, 0.5) is 0 Å². The van der Waals surface area contributed by atoms with Gasteiger partial charge in [0.15, 0.2) is 22.2 Å². The standard InChI is InChI=1S/C12H12Cl3NO4S/c13-7-3-9(14)12(10(15)4-7)20-5-11(17)16-8-1-2-21(18,19)6-8/h3-4,8H,1-2,5-6H2,(H,16,17)/t8-/m0/s1. The number of hydrogen-bond acceptors (Lipinski definition) is 4. The number of carbonyl (C=O) groups excluding carboxylic acids is 1. The molecule has 1 amide bonds. The molecular weight excluding hydrogens is 361 g/mol. The highest BCUT2D eigenvalue weighted by molar-refractivity contribution is 7.91. The van der Waals surface area contributed by atoms with Crippen LogP contribution < -0.4 is 10.1 Å². The van der Waals surface area contributed by atoms with Crippen LogP contribution in [0.15, 0.2) is 12.1 Å². The van der Waals surface area contributed by atoms with Gasteiger partial charge in [-0.3, -0.25) is 4.79 Å². The minimum Gasteiger partial charge on any atom is -0.481 e. The second-order valence-corrected chi connectivity index (χ2v) is 8.13. The van der Waals surface area contributed by atoms with Gasteiger partial charge in [-0.15, -0.1) is 0 Å². The van der Waals surface area contributed by atoms with E-state index in [-0.39, 0.29) is 39.9 Å². The SMILES string of the molecule is O=C(COc1c(Cl)cc(Cl)cc1Cl)N[C@H]1CCS(=O)(=O)C1. The lowest BCUT2D eigenvalue weighted by Crippen LogP contribution is -2.38. The fourth-order valence-corrected chi connectivity index (χ4v) is 4.58. The summed E-state index contributed by atoms with van der Waals surface area (Å²) in [6, 6.07) is 2.53. The number of hydrogen-bond donors (Lipinski definition) is 1. The van der Waals surface area contributed by atoms with Crippen LogP contribution in [0.1, 0.15) is 6.42 Å². The maximum absolute atomic E-state index is 11.7. The number of carbonyl (C=O) groups is 1. The van der Waals surface area contributed by atoms with Gasteiger partial charge in [0.2, 0.25) is 0 Å². The molecule has 2 rings (SSSR count). The summed E-state index contributed by atoms with van der Waals surface area (Å²) < 4.78 is 27.8. The first-order valence-electron chi connectivity index (χ1n) is 6.04. The summed E-state index contributed by atoms with van der Waals surface area (Å²) in [5.41, 5.74) is 0. The topological polar surface area (TPSA) is 72.5 Å². The number of halogens is 3. The lowest BCUT2D eigenvalue weighted by atomic mass is 10.2. The maximum Gasteiger partial charge on any atom is 0.258 e. The lowest BCUT2D eigenvalue weighted by molar-refractivity contribution is -0.123. The number of amides is 1. The molecule has 0 radical (unpaired) electrons. The van der Waals surface area contributed by atoms with Gasteiger partial charge < -0.3 is 10.1 Å². The highest BCUT2D eigenvalue weighted by Crippen LogP contribution is 2.35. The summed E-state index contributed by atoms with van der Waals surface area (Å²) in [4.78, 5) is 11.7. The van der Waals surface area contributed by atoms with Crippen LogP contribution in [0, 0.1) is 0 Å². The first-order chi connectivity index (χ1) is 9.77. The molecule has 1 aliphatic heterocycles. The molecule has 0 aromatic heterocycles. The van der Waals surface area contributed by atoms with E-state index in [0.29, 0.717) is 11.4 Å². The molecule has 0 saturated carbocycles. The van der Waals surface area contributed by atoms with Gasteiger partial charge in [-0.2, -0.15) is 0 Å². The van der Waals surface area contributed by atoms with Crippen molar-refractivity contribution in [3.63, 3.8) is 0 Å². The predicted molar refractivity (Wildman–Crippen MR) is 82.2 cm³/mol. The molecule has 0 unspecified atom stereocenters. The number of benzene rings is 1. The van der Waals surface area contributed by atoms with Crippen molar-refractivity contribution in [3.05, 3.63) is 27.2 Å². The van der Waals surface area contributed by atoms with Crippen molar-refractivity contribution in [2.24, 2.45) is 0 Å². The Morgan fingerprint density at radius 1 is 1.29 bits per heavy atom. The van der Waals surface area contributed by atoms with Gasteiger partial charge in [-0.05, 0) is 18.6 Å². The average Bonchev–Trinajstić information content (AvgIpc) is 2.67. The van der Waals surface area contributed by atoms with Gasteiger partial charge in [-0.25, -0.2) is 8.42 Å². The Morgan fingerprint density at radius 3 is 2.43 bits per heavy atom. The zero-order valence-electron chi connectivity index (χ0n) is 10.7. The number of sulfone groups is 1. The lowest BCUT2D eigenvalue weighted by Gasteiger charge is -2.13. The van der Waals surface area contributed by atoms with Gasteiger partial charge in [0.05, 0.1) is 21.6 Å². The number of ether oxygens (including phenoxy) is 1. The van der Waals surface area contributed by atoms with Gasteiger partial charge in [0.25, 0.3) is 5.91 Å². The first-order valence-corrected chi connectivity index (χ1v) is 8.99. The molecule has 1 atom stereocenters. The fraction of sp³-hybridized carbons (Fsp3) is 0.417. The van der Waals surface area contributed by atoms with E-state index in [1.165, 1.54) is 12.1 Å². The molecule has 1 aromatic rings. The quantitative estimate of drug-likeness (QED) is 0.880. The molecule has 9 heteroatoms. The van der Waals surface area contributed by atoms with Crippen molar-refractivity contribution in [3.8, 4) is 5.75 Å². The van der Waals surface area contributed by atoms with Crippen molar-refractivity contribution < 1.29 is 17.9 Å². The summed E-state index contributed by atoms with van der Waals surface area (Å²) >= 11 is 17.6. The largest absolute Gasteiger partial charge is 0.481 e. The molecular formula is C12H12Cl3NO4S. The Morgan fingerprint density at radius 2 is 1.90 bits per heavy atom. The van der Waals surface area contributed by atoms with Crippen LogP contribution in [0.5, 0.6) is 5.75 Å². The molecule has 0 aliphatic carbocycles. The van der Waals surface area contributed by atoms with E-state index < -0.39 is 15.7 Å². The van der Waals surface area contributed by atoms with Crippen LogP contribution in [0.3, 0.4) is 0 Å². The van der Waals surface area contributed by atoms with E-state index >= 15 is 0 Å². The molecule has 1 fully saturated rings. The van der Waals surface area contributed by atoms with Crippen LogP contribution in [0.25, 0.3) is 0 Å². The molecule has 5 nitrogen and oxygen atoms in total. The van der Waals surface area contributed by atoms with E-state index in [4.69, 9.17) is 39.5 Å². The van der Waals surface area contributed by atoms with Crippen LogP contribution in [-0.2, 0) is 14.6 Å². The van der Waals surface area contributed by atoms with Gasteiger partial charge in [0.1, 0.15) is 0 Å². The third kappa shape index (κ3) is 4.64. The molecule has 21 heavy (non-hydrogen) atoms. The first kappa shape index (κ1) is 16.7. The molecule has 0 bridgehead atoms. The third-order valence-electron chi connectivity index (χ3n) is 2.91. The maximum atomic E-state index is 11.7. The van der Waals surface area contributed by atoms with Crippen molar-refractivity contribution in [2.45, 2.75) is 12.5 Å². The average molecular weight is 373 g/mol. The molecule has 1 heterocycles. The van der Waals surface area contributed by atoms with Gasteiger partial charge >= 0.3 is 0 Å². The summed E-state index contributed by atoms with van der Waals surface area (Å²) in [6.45, 7) is -0.308. The van der Waals surface area contributed by atoms with E-state index in [9.17, 15) is 13.2 Å². The van der Waals surface area contributed by atoms with Crippen molar-refractivity contribution in [1.82, 2.24) is 5.32 Å². The minimum atomic E-state index is -3.04. The normalized spacial score (nSPS) is 20.2. The number of rotatable bonds is 4. The van der Waals surface area contributed by atoms with Gasteiger partial charge in [0, 0.05) is 11.1 Å². The summed E-state index contributed by atoms with van der Waals surface area (Å²) in [6.07, 6.45) is 0.413. The van der Waals surface area contributed by atoms with E-state index in [1.54, 1.807) is 0 Å². The Balaban J connectivity index is 1.90. The van der Waals surface area contributed by atoms with Crippen molar-refractivity contribution in [1.29, 1.82) is 0 Å². The summed E-state index contributed by atoms with van der Waals surface area (Å²) in [5.74, 6) is -0.217. The highest BCUT2D eigenvalue weighted by Gasteiger charge is 2.29. The Hall–Kier alpha value is -0.690. The van der Waals surface area contributed by atoms with E-state index in [2.05, 4.69) is 5.32 Å². The number of nitrogens with one attached hydrogen (secondary N) is 1. The molecule has 0 spiro atoms. The zero-order valence-corrected chi connectivity index (χ0v) is 13.8. The monoisotopic (exact) mass is 371 g/mol. The highest BCUT2D eigenvalue weighted by atomic mass is 35.5. The predicted octanol–water partition coefficient (Wildman–Crippen LogP) is 2.33. The Kier molecular flexibility index (Phi) is 5.24. The van der Waals surface area contributed by atoms with Crippen LogP contribution >= 0.6 is 34.8 Å². The minimum absolute atomic E-state index is 0.0405. The van der Waals surface area contributed by atoms with E-state index in [0.717, 1.165) is 0 Å². The van der Waals surface area contributed by atoms with Gasteiger partial charge in [-0.1, -0.05) is 34.8 Å². The van der Waals surface area contributed by atoms with Crippen molar-refractivity contribution in [2.75, 3.05) is 18.1 Å². The molecule has 1 N–H and O–H groups in total. The second kappa shape index (κ2) is 6.60. The Labute approximate surface area is 137 Å². The Bertz CT molecular complexity index is 639. The second-order valence-electron chi connectivity index (χ2n) is 4.65. The zero-order chi connectivity index (χ0) is 15.6. The molecule has 1 saturated heterocycles. The summed E-state index contributed by atoms with van der Waals surface area (Å²) in [5, 5.41) is 3.35. The molecule has 116 valence electrons. The summed E-state index contributed by atoms with van der Waals surface area (Å²) in [7, 11) is -3.04. The van der Waals surface area contributed by atoms with Crippen LogP contribution in [0.2, 0.25) is 15.1 Å². The fourth-order valence-electron chi connectivity index (χ4n) is 1.98. The van der Waals surface area contributed by atoms with Crippen LogP contribution in [-0.4, -0.2) is 38.5 Å². The third-order valence-corrected chi connectivity index (χ3v) is 5.46. The van der Waals surface area contributed by atoms with E-state index in [1.807, 2.05) is 0 Å². The molecule has 1 aliphatic rings. The van der Waals surface area contributed by atoms with Crippen molar-refractivity contribution >= 4 is 50.5 Å². The smallest absolute Gasteiger partial charge is 0.258 e.